The molecule has 18 heavy (non-hydrogen) atoms. The van der Waals surface area contributed by atoms with Gasteiger partial charge >= 0.3 is 0 Å². The second kappa shape index (κ2) is 5.05. The van der Waals surface area contributed by atoms with Gasteiger partial charge in [0.05, 0.1) is 0 Å². The van der Waals surface area contributed by atoms with Crippen LogP contribution in [0.3, 0.4) is 0 Å². The van der Waals surface area contributed by atoms with E-state index in [0.717, 1.165) is 12.1 Å². The van der Waals surface area contributed by atoms with Gasteiger partial charge in [-0.05, 0) is 24.3 Å². The highest BCUT2D eigenvalue weighted by atomic mass is 32.1. The number of pyridine rings is 1. The summed E-state index contributed by atoms with van der Waals surface area (Å²) in [5.74, 6) is -1.32. The molecule has 0 radical (unpaired) electrons. The van der Waals surface area contributed by atoms with Crippen molar-refractivity contribution in [2.75, 3.05) is 5.32 Å². The lowest BCUT2D eigenvalue weighted by atomic mass is 10.2. The minimum absolute atomic E-state index is 0.252. The maximum absolute atomic E-state index is 13.0. The highest BCUT2D eigenvalue weighted by Gasteiger charge is 2.03. The van der Waals surface area contributed by atoms with E-state index in [-0.39, 0.29) is 4.99 Å². The number of aromatic nitrogens is 1. The van der Waals surface area contributed by atoms with Crippen LogP contribution in [0.5, 0.6) is 0 Å². The van der Waals surface area contributed by atoms with Gasteiger partial charge < -0.3 is 11.1 Å². The van der Waals surface area contributed by atoms with E-state index in [1.54, 1.807) is 12.1 Å². The van der Waals surface area contributed by atoms with E-state index >= 15 is 0 Å². The average Bonchev–Trinajstić information content (AvgIpc) is 2.34. The van der Waals surface area contributed by atoms with Gasteiger partial charge in [-0.15, -0.1) is 0 Å². The van der Waals surface area contributed by atoms with Crippen molar-refractivity contribution in [2.45, 2.75) is 0 Å². The first-order valence-electron chi connectivity index (χ1n) is 5.04. The fourth-order valence-corrected chi connectivity index (χ4v) is 1.46. The van der Waals surface area contributed by atoms with Crippen molar-refractivity contribution >= 4 is 28.7 Å². The van der Waals surface area contributed by atoms with Crippen molar-refractivity contribution < 1.29 is 8.78 Å². The minimum Gasteiger partial charge on any atom is -0.389 e. The van der Waals surface area contributed by atoms with Gasteiger partial charge in [0.1, 0.15) is 10.8 Å². The molecule has 6 heteroatoms. The van der Waals surface area contributed by atoms with Gasteiger partial charge in [-0.3, -0.25) is 0 Å². The zero-order valence-electron chi connectivity index (χ0n) is 9.15. The zero-order valence-corrected chi connectivity index (χ0v) is 9.97. The minimum atomic E-state index is -0.917. The number of rotatable bonds is 3. The van der Waals surface area contributed by atoms with Gasteiger partial charge in [0.2, 0.25) is 0 Å². The summed E-state index contributed by atoms with van der Waals surface area (Å²) in [5, 5.41) is 2.84. The van der Waals surface area contributed by atoms with Crippen LogP contribution >= 0.6 is 12.2 Å². The van der Waals surface area contributed by atoms with Gasteiger partial charge in [0, 0.05) is 23.5 Å². The van der Waals surface area contributed by atoms with Gasteiger partial charge in [-0.1, -0.05) is 12.2 Å². The fourth-order valence-electron chi connectivity index (χ4n) is 1.34. The Kier molecular flexibility index (Phi) is 3.47. The molecule has 92 valence electrons. The van der Waals surface area contributed by atoms with Gasteiger partial charge in [0.15, 0.2) is 11.6 Å². The predicted octanol–water partition coefficient (Wildman–Crippen LogP) is 2.74. The maximum Gasteiger partial charge on any atom is 0.160 e. The molecule has 0 spiro atoms. The second-order valence-corrected chi connectivity index (χ2v) is 3.99. The van der Waals surface area contributed by atoms with Crippen LogP contribution in [0.2, 0.25) is 0 Å². The molecule has 0 saturated heterocycles. The first-order chi connectivity index (χ1) is 8.56. The number of nitrogens with one attached hydrogen (secondary N) is 1. The highest BCUT2D eigenvalue weighted by molar-refractivity contribution is 7.80. The van der Waals surface area contributed by atoms with Crippen LogP contribution in [-0.4, -0.2) is 9.97 Å². The van der Waals surface area contributed by atoms with E-state index in [4.69, 9.17) is 18.0 Å². The van der Waals surface area contributed by atoms with Crippen LogP contribution in [-0.2, 0) is 0 Å². The molecule has 0 aliphatic rings. The maximum atomic E-state index is 13.0. The van der Waals surface area contributed by atoms with E-state index < -0.39 is 11.6 Å². The van der Waals surface area contributed by atoms with E-state index in [1.165, 1.54) is 12.3 Å². The lowest BCUT2D eigenvalue weighted by Gasteiger charge is -2.06. The SMILES string of the molecule is NC(=S)c1ccc(Nc2ccc(F)c(F)c2)nc1. The summed E-state index contributed by atoms with van der Waals surface area (Å²) in [6, 6.07) is 6.86. The summed E-state index contributed by atoms with van der Waals surface area (Å²) < 4.78 is 25.7. The molecule has 0 amide bonds. The number of anilines is 2. The number of nitrogens with two attached hydrogens (primary N) is 1. The summed E-state index contributed by atoms with van der Waals surface area (Å²) in [6.45, 7) is 0. The predicted molar refractivity (Wildman–Crippen MR) is 69.8 cm³/mol. The number of nitrogens with zero attached hydrogens (tertiary/aromatic N) is 1. The van der Waals surface area contributed by atoms with Crippen LogP contribution in [0, 0.1) is 11.6 Å². The molecule has 0 bridgehead atoms. The Morgan fingerprint density at radius 1 is 1.17 bits per heavy atom. The second-order valence-electron chi connectivity index (χ2n) is 3.55. The van der Waals surface area contributed by atoms with Crippen LogP contribution in [0.25, 0.3) is 0 Å². The molecule has 1 aromatic carbocycles. The molecule has 0 atom stereocenters. The van der Waals surface area contributed by atoms with Gasteiger partial charge in [-0.25, -0.2) is 13.8 Å². The topological polar surface area (TPSA) is 50.9 Å². The molecule has 1 heterocycles. The molecule has 0 unspecified atom stereocenters. The first kappa shape index (κ1) is 12.4. The number of hydrogen-bond donors (Lipinski definition) is 2. The molecule has 1 aromatic heterocycles. The Balaban J connectivity index is 2.18. The smallest absolute Gasteiger partial charge is 0.160 e. The number of hydrogen-bond acceptors (Lipinski definition) is 3. The van der Waals surface area contributed by atoms with E-state index in [2.05, 4.69) is 10.3 Å². The molecule has 2 aromatic rings. The van der Waals surface area contributed by atoms with Crippen molar-refractivity contribution in [3.05, 3.63) is 53.7 Å². The Labute approximate surface area is 108 Å². The largest absolute Gasteiger partial charge is 0.389 e. The third kappa shape index (κ3) is 2.78. The van der Waals surface area contributed by atoms with Gasteiger partial charge in [-0.2, -0.15) is 0 Å². The lowest BCUT2D eigenvalue weighted by molar-refractivity contribution is 0.509. The Morgan fingerprint density at radius 3 is 2.50 bits per heavy atom. The molecule has 0 aliphatic heterocycles. The molecular formula is C12H9F2N3S. The zero-order chi connectivity index (χ0) is 13.1. The quantitative estimate of drug-likeness (QED) is 0.838. The van der Waals surface area contributed by atoms with Crippen molar-refractivity contribution in [1.82, 2.24) is 4.98 Å². The van der Waals surface area contributed by atoms with Crippen LogP contribution in [0.15, 0.2) is 36.5 Å². The number of halogens is 2. The number of benzene rings is 1. The van der Waals surface area contributed by atoms with Crippen molar-refractivity contribution in [3.8, 4) is 0 Å². The van der Waals surface area contributed by atoms with Crippen molar-refractivity contribution in [3.63, 3.8) is 0 Å². The molecular weight excluding hydrogens is 256 g/mol. The summed E-state index contributed by atoms with van der Waals surface area (Å²) in [5.41, 5.74) is 6.48. The standard InChI is InChI=1S/C12H9F2N3S/c13-9-3-2-8(5-10(9)14)17-11-4-1-7(6-16-11)12(15)18/h1-6H,(H2,15,18)(H,16,17). The Bertz CT molecular complexity index is 584. The van der Waals surface area contributed by atoms with Crippen molar-refractivity contribution in [1.29, 1.82) is 0 Å². The van der Waals surface area contributed by atoms with Crippen LogP contribution in [0.1, 0.15) is 5.56 Å². The Hall–Kier alpha value is -2.08. The normalized spacial score (nSPS) is 10.1. The van der Waals surface area contributed by atoms with E-state index in [1.807, 2.05) is 0 Å². The van der Waals surface area contributed by atoms with E-state index in [9.17, 15) is 8.78 Å². The van der Waals surface area contributed by atoms with Crippen molar-refractivity contribution in [2.24, 2.45) is 5.73 Å². The summed E-state index contributed by atoms with van der Waals surface area (Å²) in [6.07, 6.45) is 1.50. The lowest BCUT2D eigenvalue weighted by Crippen LogP contribution is -2.09. The van der Waals surface area contributed by atoms with Crippen LogP contribution in [0.4, 0.5) is 20.3 Å². The molecule has 0 saturated carbocycles. The summed E-state index contributed by atoms with van der Waals surface area (Å²) in [7, 11) is 0. The molecule has 0 aliphatic carbocycles. The van der Waals surface area contributed by atoms with Crippen LogP contribution < -0.4 is 11.1 Å². The third-order valence-electron chi connectivity index (χ3n) is 2.24. The highest BCUT2D eigenvalue weighted by Crippen LogP contribution is 2.17. The monoisotopic (exact) mass is 265 g/mol. The molecule has 0 fully saturated rings. The summed E-state index contributed by atoms with van der Waals surface area (Å²) >= 11 is 4.79. The first-order valence-corrected chi connectivity index (χ1v) is 5.45. The summed E-state index contributed by atoms with van der Waals surface area (Å²) in [4.78, 5) is 4.30. The van der Waals surface area contributed by atoms with Gasteiger partial charge in [0.25, 0.3) is 0 Å². The molecule has 3 N–H and O–H groups in total. The third-order valence-corrected chi connectivity index (χ3v) is 2.48. The fraction of sp³-hybridized carbons (Fsp3) is 0. The molecule has 2 rings (SSSR count). The Morgan fingerprint density at radius 2 is 1.94 bits per heavy atom. The number of thiocarbonyl (C=S) groups is 1. The van der Waals surface area contributed by atoms with E-state index in [0.29, 0.717) is 17.1 Å². The molecule has 3 nitrogen and oxygen atoms in total. The average molecular weight is 265 g/mol.